The van der Waals surface area contributed by atoms with E-state index < -0.39 is 0 Å². The largest absolute Gasteiger partial charge is 0.341 e. The zero-order valence-corrected chi connectivity index (χ0v) is 13.6. The first-order chi connectivity index (χ1) is 10.1. The lowest BCUT2D eigenvalue weighted by molar-refractivity contribution is -0.132. The van der Waals surface area contributed by atoms with E-state index in [9.17, 15) is 9.59 Å². The van der Waals surface area contributed by atoms with Crippen molar-refractivity contribution in [2.45, 2.75) is 52.4 Å². The first-order valence-electron chi connectivity index (χ1n) is 8.31. The fourth-order valence-electron chi connectivity index (χ4n) is 3.04. The van der Waals surface area contributed by atoms with Crippen LogP contribution in [0, 0.1) is 5.92 Å². The molecule has 5 nitrogen and oxygen atoms in total. The van der Waals surface area contributed by atoms with E-state index >= 15 is 0 Å². The lowest BCUT2D eigenvalue weighted by Crippen LogP contribution is -2.36. The van der Waals surface area contributed by atoms with Gasteiger partial charge < -0.3 is 15.5 Å². The minimum absolute atomic E-state index is 0.107. The summed E-state index contributed by atoms with van der Waals surface area (Å²) < 4.78 is 0. The summed E-state index contributed by atoms with van der Waals surface area (Å²) >= 11 is 0. The molecule has 0 radical (unpaired) electrons. The zero-order valence-electron chi connectivity index (χ0n) is 13.6. The molecule has 1 fully saturated rings. The molecule has 2 amide bonds. The van der Waals surface area contributed by atoms with Gasteiger partial charge in [0.05, 0.1) is 0 Å². The van der Waals surface area contributed by atoms with Crippen LogP contribution in [-0.2, 0) is 9.59 Å². The lowest BCUT2D eigenvalue weighted by Gasteiger charge is -2.22. The Balaban J connectivity index is 2.38. The first kappa shape index (κ1) is 18.0. The van der Waals surface area contributed by atoms with Gasteiger partial charge in [0.15, 0.2) is 0 Å². The summed E-state index contributed by atoms with van der Waals surface area (Å²) in [7, 11) is 0. The summed E-state index contributed by atoms with van der Waals surface area (Å²) in [5.74, 6) is 0.915. The minimum atomic E-state index is 0.107. The number of hydrogen-bond donors (Lipinski definition) is 1. The highest BCUT2D eigenvalue weighted by Crippen LogP contribution is 2.18. The molecule has 0 aromatic heterocycles. The van der Waals surface area contributed by atoms with Crippen LogP contribution in [0.2, 0.25) is 0 Å². The van der Waals surface area contributed by atoms with Crippen molar-refractivity contribution in [1.82, 2.24) is 9.80 Å². The van der Waals surface area contributed by atoms with Crippen molar-refractivity contribution in [3.8, 4) is 0 Å². The molecule has 1 aliphatic rings. The molecule has 1 unspecified atom stereocenters. The minimum Gasteiger partial charge on any atom is -0.341 e. The van der Waals surface area contributed by atoms with Gasteiger partial charge >= 0.3 is 0 Å². The second-order valence-corrected chi connectivity index (χ2v) is 6.01. The summed E-state index contributed by atoms with van der Waals surface area (Å²) in [4.78, 5) is 27.5. The molecule has 122 valence electrons. The van der Waals surface area contributed by atoms with Crippen LogP contribution in [0.5, 0.6) is 0 Å². The number of nitrogens with two attached hydrogens (primary N) is 1. The van der Waals surface area contributed by atoms with Gasteiger partial charge in [-0.05, 0) is 31.7 Å². The van der Waals surface area contributed by atoms with Crippen LogP contribution >= 0.6 is 0 Å². The van der Waals surface area contributed by atoms with E-state index in [0.717, 1.165) is 45.2 Å². The molecule has 5 heteroatoms. The van der Waals surface area contributed by atoms with Gasteiger partial charge in [-0.2, -0.15) is 0 Å². The van der Waals surface area contributed by atoms with Crippen molar-refractivity contribution in [3.63, 3.8) is 0 Å². The second kappa shape index (κ2) is 9.77. The Bertz CT molecular complexity index is 327. The van der Waals surface area contributed by atoms with Crippen molar-refractivity contribution in [3.05, 3.63) is 0 Å². The molecule has 0 spiro atoms. The predicted molar refractivity (Wildman–Crippen MR) is 84.8 cm³/mol. The van der Waals surface area contributed by atoms with E-state index in [1.165, 1.54) is 0 Å². The number of carbonyl (C=O) groups is 2. The van der Waals surface area contributed by atoms with Gasteiger partial charge in [0.25, 0.3) is 0 Å². The predicted octanol–water partition coefficient (Wildman–Crippen LogP) is 1.61. The van der Waals surface area contributed by atoms with Gasteiger partial charge in [-0.25, -0.2) is 0 Å². The van der Waals surface area contributed by atoms with E-state index in [0.29, 0.717) is 32.0 Å². The van der Waals surface area contributed by atoms with Crippen LogP contribution in [0.4, 0.5) is 0 Å². The van der Waals surface area contributed by atoms with Crippen LogP contribution < -0.4 is 5.73 Å². The molecule has 0 saturated carbocycles. The Morgan fingerprint density at radius 3 is 2.33 bits per heavy atom. The molecule has 1 saturated heterocycles. The molecule has 1 heterocycles. The van der Waals surface area contributed by atoms with Crippen molar-refractivity contribution >= 4 is 11.8 Å². The Morgan fingerprint density at radius 1 is 1.05 bits per heavy atom. The van der Waals surface area contributed by atoms with Gasteiger partial charge in [-0.1, -0.05) is 19.8 Å². The maximum absolute atomic E-state index is 12.3. The fourth-order valence-corrected chi connectivity index (χ4v) is 3.04. The molecule has 0 bridgehead atoms. The molecule has 21 heavy (non-hydrogen) atoms. The standard InChI is InChI=1S/C16H31N3O2/c1-3-5-15(8-9-17)6-7-16(21)19-11-4-10-18(12-13-19)14(2)20/h15H,3-13,17H2,1-2H3. The van der Waals surface area contributed by atoms with Crippen molar-refractivity contribution in [2.75, 3.05) is 32.7 Å². The molecule has 0 aromatic carbocycles. The maximum atomic E-state index is 12.3. The molecule has 0 aliphatic carbocycles. The smallest absolute Gasteiger partial charge is 0.222 e. The van der Waals surface area contributed by atoms with Crippen molar-refractivity contribution in [1.29, 1.82) is 0 Å². The molecule has 1 rings (SSSR count). The van der Waals surface area contributed by atoms with Gasteiger partial charge in [0.2, 0.25) is 11.8 Å². The summed E-state index contributed by atoms with van der Waals surface area (Å²) in [6, 6.07) is 0. The van der Waals surface area contributed by atoms with E-state index in [-0.39, 0.29) is 11.8 Å². The topological polar surface area (TPSA) is 66.6 Å². The third-order valence-electron chi connectivity index (χ3n) is 4.33. The number of nitrogens with zero attached hydrogens (tertiary/aromatic N) is 2. The zero-order chi connectivity index (χ0) is 15.7. The molecule has 2 N–H and O–H groups in total. The summed E-state index contributed by atoms with van der Waals surface area (Å²) in [6.07, 6.45) is 5.76. The van der Waals surface area contributed by atoms with Gasteiger partial charge in [0, 0.05) is 39.5 Å². The number of carbonyl (C=O) groups excluding carboxylic acids is 2. The average Bonchev–Trinajstić information content (AvgIpc) is 2.71. The normalized spacial score (nSPS) is 17.5. The van der Waals surface area contributed by atoms with E-state index in [4.69, 9.17) is 5.73 Å². The second-order valence-electron chi connectivity index (χ2n) is 6.01. The molecular weight excluding hydrogens is 266 g/mol. The van der Waals surface area contributed by atoms with Crippen molar-refractivity contribution in [2.24, 2.45) is 11.7 Å². The monoisotopic (exact) mass is 297 g/mol. The highest BCUT2D eigenvalue weighted by molar-refractivity contribution is 5.76. The molecule has 0 aromatic rings. The maximum Gasteiger partial charge on any atom is 0.222 e. The third-order valence-corrected chi connectivity index (χ3v) is 4.33. The molecule has 1 aliphatic heterocycles. The number of hydrogen-bond acceptors (Lipinski definition) is 3. The van der Waals surface area contributed by atoms with Crippen LogP contribution in [0.25, 0.3) is 0 Å². The number of amides is 2. The molecular formula is C16H31N3O2. The van der Waals surface area contributed by atoms with E-state index in [1.807, 2.05) is 9.80 Å². The van der Waals surface area contributed by atoms with E-state index in [1.54, 1.807) is 6.92 Å². The summed E-state index contributed by atoms with van der Waals surface area (Å²) in [6.45, 7) is 7.37. The summed E-state index contributed by atoms with van der Waals surface area (Å²) in [5, 5.41) is 0. The van der Waals surface area contributed by atoms with Gasteiger partial charge in [-0.15, -0.1) is 0 Å². The van der Waals surface area contributed by atoms with E-state index in [2.05, 4.69) is 6.92 Å². The Kier molecular flexibility index (Phi) is 8.35. The highest BCUT2D eigenvalue weighted by Gasteiger charge is 2.20. The SMILES string of the molecule is CCCC(CCN)CCC(=O)N1CCCN(C(C)=O)CC1. The number of rotatable bonds is 7. The Morgan fingerprint density at radius 2 is 1.71 bits per heavy atom. The van der Waals surface area contributed by atoms with Crippen LogP contribution in [-0.4, -0.2) is 54.3 Å². The van der Waals surface area contributed by atoms with Gasteiger partial charge in [-0.3, -0.25) is 9.59 Å². The van der Waals surface area contributed by atoms with Crippen LogP contribution in [0.3, 0.4) is 0 Å². The quantitative estimate of drug-likeness (QED) is 0.776. The van der Waals surface area contributed by atoms with Crippen LogP contribution in [0.15, 0.2) is 0 Å². The average molecular weight is 297 g/mol. The van der Waals surface area contributed by atoms with Crippen LogP contribution in [0.1, 0.15) is 52.4 Å². The van der Waals surface area contributed by atoms with Gasteiger partial charge in [0.1, 0.15) is 0 Å². The fraction of sp³-hybridized carbons (Fsp3) is 0.875. The third kappa shape index (κ3) is 6.46. The summed E-state index contributed by atoms with van der Waals surface area (Å²) in [5.41, 5.74) is 5.64. The molecule has 1 atom stereocenters. The lowest BCUT2D eigenvalue weighted by atomic mass is 9.94. The van der Waals surface area contributed by atoms with Crippen molar-refractivity contribution < 1.29 is 9.59 Å². The highest BCUT2D eigenvalue weighted by atomic mass is 16.2. The Labute approximate surface area is 128 Å². The Hall–Kier alpha value is -1.10. The first-order valence-corrected chi connectivity index (χ1v) is 8.31.